The molecule has 1 heterocycles. The highest BCUT2D eigenvalue weighted by molar-refractivity contribution is 5.97. The summed E-state index contributed by atoms with van der Waals surface area (Å²) in [6.07, 6.45) is 2.05. The molecule has 0 atom stereocenters. The second-order valence-corrected chi connectivity index (χ2v) is 5.29. The van der Waals surface area contributed by atoms with Crippen LogP contribution in [-0.2, 0) is 6.54 Å². The van der Waals surface area contributed by atoms with Crippen LogP contribution in [0, 0.1) is 5.82 Å². The Labute approximate surface area is 117 Å². The fourth-order valence-electron chi connectivity index (χ4n) is 2.59. The van der Waals surface area contributed by atoms with Gasteiger partial charge in [0.1, 0.15) is 5.82 Å². The molecular formula is C17H17FN2. The second-order valence-electron chi connectivity index (χ2n) is 5.29. The van der Waals surface area contributed by atoms with Crippen molar-refractivity contribution in [1.82, 2.24) is 9.88 Å². The molecule has 2 nitrogen and oxygen atoms in total. The number of fused-ring (bicyclic) bond motifs is 1. The van der Waals surface area contributed by atoms with Gasteiger partial charge in [0.15, 0.2) is 0 Å². The van der Waals surface area contributed by atoms with Gasteiger partial charge in [0.2, 0.25) is 0 Å². The summed E-state index contributed by atoms with van der Waals surface area (Å²) in [5, 5.41) is 1.22. The highest BCUT2D eigenvalue weighted by atomic mass is 19.1. The van der Waals surface area contributed by atoms with Crippen LogP contribution in [0.15, 0.2) is 48.7 Å². The fraction of sp³-hybridized carbons (Fsp3) is 0.176. The van der Waals surface area contributed by atoms with Gasteiger partial charge in [-0.2, -0.15) is 0 Å². The first-order valence-corrected chi connectivity index (χ1v) is 6.65. The van der Waals surface area contributed by atoms with Crippen LogP contribution in [0.25, 0.3) is 22.0 Å². The summed E-state index contributed by atoms with van der Waals surface area (Å²) in [7, 11) is 4.11. The van der Waals surface area contributed by atoms with E-state index < -0.39 is 0 Å². The third kappa shape index (κ3) is 2.32. The lowest BCUT2D eigenvalue weighted by Gasteiger charge is -2.11. The molecule has 0 bridgehead atoms. The molecular weight excluding hydrogens is 251 g/mol. The molecule has 0 unspecified atom stereocenters. The molecule has 0 saturated heterocycles. The van der Waals surface area contributed by atoms with E-state index in [1.165, 1.54) is 23.1 Å². The third-order valence-electron chi connectivity index (χ3n) is 3.43. The minimum absolute atomic E-state index is 0.205. The van der Waals surface area contributed by atoms with Crippen molar-refractivity contribution >= 4 is 10.9 Å². The molecule has 0 amide bonds. The first kappa shape index (κ1) is 12.9. The molecule has 0 aliphatic carbocycles. The van der Waals surface area contributed by atoms with E-state index in [0.29, 0.717) is 0 Å². The monoisotopic (exact) mass is 268 g/mol. The summed E-state index contributed by atoms with van der Waals surface area (Å²) < 4.78 is 13.1. The normalized spacial score (nSPS) is 11.4. The molecule has 0 fully saturated rings. The van der Waals surface area contributed by atoms with Crippen molar-refractivity contribution in [3.05, 3.63) is 60.0 Å². The highest BCUT2D eigenvalue weighted by Crippen LogP contribution is 2.31. The zero-order valence-electron chi connectivity index (χ0n) is 11.7. The number of hydrogen-bond acceptors (Lipinski definition) is 1. The zero-order chi connectivity index (χ0) is 14.1. The summed E-state index contributed by atoms with van der Waals surface area (Å²) in [6, 6.07) is 12.9. The first-order chi connectivity index (χ1) is 9.65. The van der Waals surface area contributed by atoms with E-state index in [9.17, 15) is 4.39 Å². The number of aromatic nitrogens is 1. The summed E-state index contributed by atoms with van der Waals surface area (Å²) in [4.78, 5) is 5.46. The van der Waals surface area contributed by atoms with Crippen LogP contribution in [0.4, 0.5) is 4.39 Å². The van der Waals surface area contributed by atoms with Gasteiger partial charge in [0.25, 0.3) is 0 Å². The molecule has 0 saturated carbocycles. The second kappa shape index (κ2) is 5.10. The van der Waals surface area contributed by atoms with Gasteiger partial charge >= 0.3 is 0 Å². The van der Waals surface area contributed by atoms with Crippen molar-refractivity contribution in [3.8, 4) is 11.1 Å². The number of nitrogens with one attached hydrogen (secondary N) is 1. The van der Waals surface area contributed by atoms with E-state index in [-0.39, 0.29) is 5.82 Å². The smallest absolute Gasteiger partial charge is 0.123 e. The summed E-state index contributed by atoms with van der Waals surface area (Å²) in [5.74, 6) is -0.205. The lowest BCUT2D eigenvalue weighted by Crippen LogP contribution is -2.10. The van der Waals surface area contributed by atoms with Gasteiger partial charge in [-0.1, -0.05) is 24.3 Å². The van der Waals surface area contributed by atoms with Gasteiger partial charge < -0.3 is 9.88 Å². The largest absolute Gasteiger partial charge is 0.361 e. The van der Waals surface area contributed by atoms with Gasteiger partial charge in [-0.15, -0.1) is 0 Å². The molecule has 20 heavy (non-hydrogen) atoms. The number of hydrogen-bond donors (Lipinski definition) is 1. The molecule has 3 aromatic rings. The van der Waals surface area contributed by atoms with E-state index in [1.807, 2.05) is 18.2 Å². The molecule has 3 heteroatoms. The van der Waals surface area contributed by atoms with Crippen molar-refractivity contribution in [2.45, 2.75) is 6.54 Å². The highest BCUT2D eigenvalue weighted by Gasteiger charge is 2.10. The van der Waals surface area contributed by atoms with Crippen LogP contribution in [0.3, 0.4) is 0 Å². The Morgan fingerprint density at radius 1 is 1.05 bits per heavy atom. The van der Waals surface area contributed by atoms with Crippen molar-refractivity contribution in [1.29, 1.82) is 0 Å². The standard InChI is InChI=1S/C17H17FN2/c1-20(2)11-13-10-19-16-5-3-4-15(17(13)16)12-6-8-14(18)9-7-12/h3-10,19H,11H2,1-2H3. The molecule has 1 N–H and O–H groups in total. The maximum atomic E-state index is 13.1. The predicted molar refractivity (Wildman–Crippen MR) is 81.1 cm³/mol. The first-order valence-electron chi connectivity index (χ1n) is 6.65. The average Bonchev–Trinajstić information content (AvgIpc) is 2.82. The molecule has 0 aliphatic heterocycles. The topological polar surface area (TPSA) is 19.0 Å². The quantitative estimate of drug-likeness (QED) is 0.759. The lowest BCUT2D eigenvalue weighted by atomic mass is 9.99. The maximum absolute atomic E-state index is 13.1. The summed E-state index contributed by atoms with van der Waals surface area (Å²) in [6.45, 7) is 0.873. The van der Waals surface area contributed by atoms with Crippen LogP contribution in [0.2, 0.25) is 0 Å². The Kier molecular flexibility index (Phi) is 3.28. The Bertz CT molecular complexity index is 726. The van der Waals surface area contributed by atoms with Gasteiger partial charge in [0.05, 0.1) is 0 Å². The molecule has 2 aromatic carbocycles. The molecule has 0 spiro atoms. The Morgan fingerprint density at radius 3 is 2.50 bits per heavy atom. The van der Waals surface area contributed by atoms with Crippen molar-refractivity contribution < 1.29 is 4.39 Å². The van der Waals surface area contributed by atoms with Crippen molar-refractivity contribution in [2.75, 3.05) is 14.1 Å². The van der Waals surface area contributed by atoms with Crippen LogP contribution < -0.4 is 0 Å². The van der Waals surface area contributed by atoms with Crippen LogP contribution >= 0.6 is 0 Å². The predicted octanol–water partition coefficient (Wildman–Crippen LogP) is 4.04. The van der Waals surface area contributed by atoms with Gasteiger partial charge in [0, 0.05) is 23.6 Å². The summed E-state index contributed by atoms with van der Waals surface area (Å²) in [5.41, 5.74) is 4.55. The van der Waals surface area contributed by atoms with Crippen molar-refractivity contribution in [2.24, 2.45) is 0 Å². The van der Waals surface area contributed by atoms with Crippen molar-refractivity contribution in [3.63, 3.8) is 0 Å². The minimum atomic E-state index is -0.205. The van der Waals surface area contributed by atoms with Gasteiger partial charge in [-0.05, 0) is 49.0 Å². The lowest BCUT2D eigenvalue weighted by molar-refractivity contribution is 0.404. The molecule has 102 valence electrons. The number of H-pyrrole nitrogens is 1. The molecule has 1 aromatic heterocycles. The van der Waals surface area contributed by atoms with E-state index >= 15 is 0 Å². The Hall–Kier alpha value is -2.13. The minimum Gasteiger partial charge on any atom is -0.361 e. The van der Waals surface area contributed by atoms with E-state index in [4.69, 9.17) is 0 Å². The number of aromatic amines is 1. The summed E-state index contributed by atoms with van der Waals surface area (Å²) >= 11 is 0. The van der Waals surface area contributed by atoms with Crippen LogP contribution in [0.5, 0.6) is 0 Å². The molecule has 0 radical (unpaired) electrons. The number of nitrogens with zero attached hydrogens (tertiary/aromatic N) is 1. The zero-order valence-corrected chi connectivity index (χ0v) is 11.7. The average molecular weight is 268 g/mol. The van der Waals surface area contributed by atoms with Gasteiger partial charge in [-0.3, -0.25) is 0 Å². The van der Waals surface area contributed by atoms with Gasteiger partial charge in [-0.25, -0.2) is 4.39 Å². The van der Waals surface area contributed by atoms with E-state index in [2.05, 4.69) is 42.3 Å². The van der Waals surface area contributed by atoms with Crippen LogP contribution in [-0.4, -0.2) is 24.0 Å². The Morgan fingerprint density at radius 2 is 1.80 bits per heavy atom. The molecule has 3 rings (SSSR count). The number of halogens is 1. The molecule has 0 aliphatic rings. The van der Waals surface area contributed by atoms with E-state index in [0.717, 1.165) is 23.2 Å². The van der Waals surface area contributed by atoms with Crippen LogP contribution in [0.1, 0.15) is 5.56 Å². The Balaban J connectivity index is 2.19. The number of rotatable bonds is 3. The fourth-order valence-corrected chi connectivity index (χ4v) is 2.59. The number of benzene rings is 2. The third-order valence-corrected chi connectivity index (χ3v) is 3.43. The van der Waals surface area contributed by atoms with E-state index in [1.54, 1.807) is 0 Å². The maximum Gasteiger partial charge on any atom is 0.123 e. The SMILES string of the molecule is CN(C)Cc1c[nH]c2cccc(-c3ccc(F)cc3)c12.